The third-order valence-corrected chi connectivity index (χ3v) is 4.75. The second-order valence-electron chi connectivity index (χ2n) is 6.47. The van der Waals surface area contributed by atoms with Crippen molar-refractivity contribution in [3.63, 3.8) is 0 Å². The first-order chi connectivity index (χ1) is 9.59. The zero-order valence-corrected chi connectivity index (χ0v) is 12.6. The summed E-state index contributed by atoms with van der Waals surface area (Å²) in [6, 6.07) is 10.7. The van der Waals surface area contributed by atoms with Crippen molar-refractivity contribution >= 4 is 5.91 Å². The van der Waals surface area contributed by atoms with Crippen molar-refractivity contribution in [2.75, 3.05) is 0 Å². The van der Waals surface area contributed by atoms with Crippen LogP contribution in [0.5, 0.6) is 0 Å². The molecule has 1 amide bonds. The summed E-state index contributed by atoms with van der Waals surface area (Å²) in [5.41, 5.74) is 0.951. The second-order valence-corrected chi connectivity index (χ2v) is 6.47. The zero-order chi connectivity index (χ0) is 14.3. The molecule has 1 spiro atoms. The molecule has 2 fully saturated rings. The van der Waals surface area contributed by atoms with E-state index in [2.05, 4.69) is 43.1 Å². The number of carbonyl (C=O) groups is 1. The van der Waals surface area contributed by atoms with Gasteiger partial charge in [-0.05, 0) is 30.7 Å². The molecular weight excluding hydrogens is 248 g/mol. The van der Waals surface area contributed by atoms with Gasteiger partial charge in [0.1, 0.15) is 11.7 Å². The van der Waals surface area contributed by atoms with Crippen LogP contribution in [0.4, 0.5) is 0 Å². The molecule has 2 unspecified atom stereocenters. The predicted molar refractivity (Wildman–Crippen MR) is 80.0 cm³/mol. The minimum atomic E-state index is -0.247. The van der Waals surface area contributed by atoms with E-state index in [0.29, 0.717) is 17.9 Å². The number of benzene rings is 1. The lowest BCUT2D eigenvalue weighted by atomic mass is 9.98. The average molecular weight is 272 g/mol. The summed E-state index contributed by atoms with van der Waals surface area (Å²) in [6.07, 6.45) is 3.02. The quantitative estimate of drug-likeness (QED) is 0.913. The lowest BCUT2D eigenvalue weighted by Crippen LogP contribution is -2.43. The first kappa shape index (κ1) is 13.6. The van der Waals surface area contributed by atoms with Gasteiger partial charge in [0, 0.05) is 6.04 Å². The Morgan fingerprint density at radius 2 is 1.95 bits per heavy atom. The van der Waals surface area contributed by atoms with E-state index in [1.165, 1.54) is 5.56 Å². The lowest BCUT2D eigenvalue weighted by Gasteiger charge is -2.35. The highest BCUT2D eigenvalue weighted by molar-refractivity contribution is 5.92. The minimum Gasteiger partial charge on any atom is -0.318 e. The largest absolute Gasteiger partial charge is 0.318 e. The highest BCUT2D eigenvalue weighted by Gasteiger charge is 2.60. The molecule has 1 heterocycles. The van der Waals surface area contributed by atoms with Crippen LogP contribution in [0.15, 0.2) is 30.3 Å². The van der Waals surface area contributed by atoms with E-state index in [1.807, 2.05) is 18.2 Å². The maximum atomic E-state index is 12.8. The summed E-state index contributed by atoms with van der Waals surface area (Å²) in [4.78, 5) is 15.0. The number of amides is 1. The van der Waals surface area contributed by atoms with Crippen LogP contribution in [0.25, 0.3) is 0 Å². The second kappa shape index (κ2) is 4.88. The Bertz CT molecular complexity index is 493. The van der Waals surface area contributed by atoms with E-state index in [1.54, 1.807) is 0 Å². The highest BCUT2D eigenvalue weighted by atomic mass is 16.2. The number of nitrogens with zero attached hydrogens (tertiary/aromatic N) is 1. The molecular formula is C17H24N2O. The number of rotatable bonds is 4. The molecule has 3 nitrogen and oxygen atoms in total. The van der Waals surface area contributed by atoms with Crippen molar-refractivity contribution in [3.8, 4) is 0 Å². The Balaban J connectivity index is 1.96. The molecule has 20 heavy (non-hydrogen) atoms. The van der Waals surface area contributed by atoms with Crippen molar-refractivity contribution in [2.45, 2.75) is 57.8 Å². The average Bonchev–Trinajstić information content (AvgIpc) is 3.17. The Morgan fingerprint density at radius 3 is 2.45 bits per heavy atom. The molecule has 1 aliphatic heterocycles. The van der Waals surface area contributed by atoms with Crippen LogP contribution < -0.4 is 5.32 Å². The molecule has 1 saturated heterocycles. The van der Waals surface area contributed by atoms with Gasteiger partial charge in [-0.25, -0.2) is 0 Å². The third-order valence-electron chi connectivity index (χ3n) is 4.75. The Morgan fingerprint density at radius 1 is 1.30 bits per heavy atom. The van der Waals surface area contributed by atoms with Crippen LogP contribution in [0.3, 0.4) is 0 Å². The summed E-state index contributed by atoms with van der Waals surface area (Å²) in [7, 11) is 0. The Labute approximate surface area is 121 Å². The van der Waals surface area contributed by atoms with E-state index in [0.717, 1.165) is 19.3 Å². The summed E-state index contributed by atoms with van der Waals surface area (Å²) in [6.45, 7) is 6.60. The van der Waals surface area contributed by atoms with Gasteiger partial charge >= 0.3 is 0 Å². The fourth-order valence-electron chi connectivity index (χ4n) is 3.45. The lowest BCUT2D eigenvalue weighted by molar-refractivity contribution is -0.134. The number of nitrogens with one attached hydrogen (secondary N) is 1. The van der Waals surface area contributed by atoms with Crippen LogP contribution >= 0.6 is 0 Å². The maximum Gasteiger partial charge on any atom is 0.244 e. The molecule has 1 aromatic carbocycles. The van der Waals surface area contributed by atoms with E-state index >= 15 is 0 Å². The van der Waals surface area contributed by atoms with Gasteiger partial charge in [-0.2, -0.15) is 0 Å². The van der Waals surface area contributed by atoms with Gasteiger partial charge in [-0.1, -0.05) is 51.1 Å². The molecule has 2 atom stereocenters. The van der Waals surface area contributed by atoms with Gasteiger partial charge in [-0.3, -0.25) is 10.1 Å². The van der Waals surface area contributed by atoms with Crippen LogP contribution in [-0.2, 0) is 4.79 Å². The Hall–Kier alpha value is -1.35. The minimum absolute atomic E-state index is 0.0403. The molecule has 3 rings (SSSR count). The SMILES string of the molecule is CCC(C(C)C)N1C(=O)C2(CC2)NC1c1ccccc1. The monoisotopic (exact) mass is 272 g/mol. The maximum absolute atomic E-state index is 12.8. The molecule has 0 aromatic heterocycles. The van der Waals surface area contributed by atoms with Crippen molar-refractivity contribution in [1.82, 2.24) is 10.2 Å². The van der Waals surface area contributed by atoms with Gasteiger partial charge in [-0.15, -0.1) is 0 Å². The van der Waals surface area contributed by atoms with E-state index < -0.39 is 0 Å². The van der Waals surface area contributed by atoms with E-state index in [9.17, 15) is 4.79 Å². The third kappa shape index (κ3) is 2.05. The van der Waals surface area contributed by atoms with Crippen molar-refractivity contribution in [1.29, 1.82) is 0 Å². The number of carbonyl (C=O) groups excluding carboxylic acids is 1. The summed E-state index contributed by atoms with van der Waals surface area (Å²) in [5.74, 6) is 0.790. The summed E-state index contributed by atoms with van der Waals surface area (Å²) in [5, 5.41) is 3.60. The van der Waals surface area contributed by atoms with Crippen molar-refractivity contribution in [3.05, 3.63) is 35.9 Å². The smallest absolute Gasteiger partial charge is 0.244 e. The van der Waals surface area contributed by atoms with Gasteiger partial charge in [0.15, 0.2) is 0 Å². The van der Waals surface area contributed by atoms with Gasteiger partial charge in [0.25, 0.3) is 0 Å². The Kier molecular flexibility index (Phi) is 3.33. The fourth-order valence-corrected chi connectivity index (χ4v) is 3.45. The summed E-state index contributed by atoms with van der Waals surface area (Å²) >= 11 is 0. The molecule has 2 aliphatic rings. The molecule has 3 heteroatoms. The topological polar surface area (TPSA) is 32.3 Å². The molecule has 1 N–H and O–H groups in total. The van der Waals surface area contributed by atoms with Crippen molar-refractivity contribution in [2.24, 2.45) is 5.92 Å². The van der Waals surface area contributed by atoms with Crippen LogP contribution in [0, 0.1) is 5.92 Å². The zero-order valence-electron chi connectivity index (χ0n) is 12.6. The van der Waals surface area contributed by atoms with Crippen LogP contribution in [-0.4, -0.2) is 22.4 Å². The first-order valence-corrected chi connectivity index (χ1v) is 7.74. The van der Waals surface area contributed by atoms with E-state index in [4.69, 9.17) is 0 Å². The molecule has 1 saturated carbocycles. The number of hydrogen-bond donors (Lipinski definition) is 1. The highest BCUT2D eigenvalue weighted by Crippen LogP contribution is 2.47. The van der Waals surface area contributed by atoms with Crippen LogP contribution in [0.1, 0.15) is 51.8 Å². The van der Waals surface area contributed by atoms with Gasteiger partial charge in [0.05, 0.1) is 0 Å². The predicted octanol–water partition coefficient (Wildman–Crippen LogP) is 3.08. The standard InChI is InChI=1S/C17H24N2O/c1-4-14(12(2)3)19-15(13-8-6-5-7-9-13)18-17(10-11-17)16(19)20/h5-9,12,14-15,18H,4,10-11H2,1-3H3. The number of hydrogen-bond acceptors (Lipinski definition) is 2. The molecule has 1 aliphatic carbocycles. The van der Waals surface area contributed by atoms with Gasteiger partial charge in [0.2, 0.25) is 5.91 Å². The normalized spacial score (nSPS) is 25.5. The first-order valence-electron chi connectivity index (χ1n) is 7.74. The summed E-state index contributed by atoms with van der Waals surface area (Å²) < 4.78 is 0. The molecule has 0 bridgehead atoms. The van der Waals surface area contributed by atoms with E-state index in [-0.39, 0.29) is 11.7 Å². The van der Waals surface area contributed by atoms with Gasteiger partial charge < -0.3 is 4.90 Å². The molecule has 1 aromatic rings. The van der Waals surface area contributed by atoms with Crippen LogP contribution in [0.2, 0.25) is 0 Å². The molecule has 108 valence electrons. The fraction of sp³-hybridized carbons (Fsp3) is 0.588. The molecule has 0 radical (unpaired) electrons. The van der Waals surface area contributed by atoms with Crippen molar-refractivity contribution < 1.29 is 4.79 Å².